The SMILES string of the molecule is Cc1cc(-n2ncc(CN3CC(c4ccc5c(c4C)COC5=O)NC(C)(C)C3)n2)ncc1C#N. The monoisotopic (exact) mass is 457 g/mol. The molecule has 5 rings (SSSR count). The van der Waals surface area contributed by atoms with Gasteiger partial charge in [-0.25, -0.2) is 9.78 Å². The zero-order valence-electron chi connectivity index (χ0n) is 19.8. The van der Waals surface area contributed by atoms with Crippen LogP contribution in [-0.4, -0.2) is 49.5 Å². The molecular formula is C25H27N7O2. The highest BCUT2D eigenvalue weighted by molar-refractivity contribution is 5.94. The van der Waals surface area contributed by atoms with Crippen LogP contribution in [0.4, 0.5) is 0 Å². The zero-order valence-corrected chi connectivity index (χ0v) is 19.8. The van der Waals surface area contributed by atoms with Gasteiger partial charge in [0.2, 0.25) is 0 Å². The highest BCUT2D eigenvalue weighted by Gasteiger charge is 2.35. The molecule has 1 atom stereocenters. The number of pyridine rings is 1. The number of benzene rings is 1. The van der Waals surface area contributed by atoms with E-state index in [2.05, 4.69) is 52.2 Å². The number of nitriles is 1. The van der Waals surface area contributed by atoms with Crippen molar-refractivity contribution < 1.29 is 9.53 Å². The molecule has 0 amide bonds. The molecule has 9 nitrogen and oxygen atoms in total. The Hall–Kier alpha value is -3.61. The number of hydrogen-bond donors (Lipinski definition) is 1. The van der Waals surface area contributed by atoms with Crippen LogP contribution < -0.4 is 5.32 Å². The topological polar surface area (TPSA) is 109 Å². The molecule has 3 aromatic rings. The van der Waals surface area contributed by atoms with E-state index in [-0.39, 0.29) is 17.6 Å². The van der Waals surface area contributed by atoms with Crippen LogP contribution >= 0.6 is 0 Å². The normalized spacial score (nSPS) is 19.5. The zero-order chi connectivity index (χ0) is 24.0. The van der Waals surface area contributed by atoms with Crippen LogP contribution in [0, 0.1) is 25.2 Å². The Labute approximate surface area is 198 Å². The Morgan fingerprint density at radius 2 is 2.12 bits per heavy atom. The summed E-state index contributed by atoms with van der Waals surface area (Å²) in [4.78, 5) is 20.1. The molecule has 174 valence electrons. The van der Waals surface area contributed by atoms with Crippen molar-refractivity contribution >= 4 is 5.97 Å². The molecule has 0 bridgehead atoms. The van der Waals surface area contributed by atoms with Gasteiger partial charge in [-0.05, 0) is 56.5 Å². The number of piperazine rings is 1. The first-order chi connectivity index (χ1) is 16.2. The fraction of sp³-hybridized carbons (Fsp3) is 0.400. The lowest BCUT2D eigenvalue weighted by Gasteiger charge is -2.44. The molecule has 34 heavy (non-hydrogen) atoms. The van der Waals surface area contributed by atoms with Gasteiger partial charge in [0.25, 0.3) is 0 Å². The highest BCUT2D eigenvalue weighted by atomic mass is 16.5. The number of nitrogens with one attached hydrogen (secondary N) is 1. The van der Waals surface area contributed by atoms with Gasteiger partial charge in [-0.3, -0.25) is 4.90 Å². The summed E-state index contributed by atoms with van der Waals surface area (Å²) in [5.74, 6) is 0.352. The van der Waals surface area contributed by atoms with Crippen LogP contribution in [0.5, 0.6) is 0 Å². The molecule has 9 heteroatoms. The minimum Gasteiger partial charge on any atom is -0.457 e. The van der Waals surface area contributed by atoms with Crippen LogP contribution in [0.25, 0.3) is 5.82 Å². The molecule has 2 aliphatic heterocycles. The molecule has 1 fully saturated rings. The molecule has 1 saturated heterocycles. The van der Waals surface area contributed by atoms with Gasteiger partial charge in [-0.2, -0.15) is 15.5 Å². The van der Waals surface area contributed by atoms with Crippen molar-refractivity contribution in [1.29, 1.82) is 5.26 Å². The summed E-state index contributed by atoms with van der Waals surface area (Å²) in [6.45, 7) is 11.0. The Morgan fingerprint density at radius 1 is 1.29 bits per heavy atom. The maximum Gasteiger partial charge on any atom is 0.338 e. The van der Waals surface area contributed by atoms with Gasteiger partial charge in [-0.15, -0.1) is 4.80 Å². The fourth-order valence-corrected chi connectivity index (χ4v) is 4.96. The fourth-order valence-electron chi connectivity index (χ4n) is 4.96. The van der Waals surface area contributed by atoms with E-state index in [9.17, 15) is 4.79 Å². The maximum atomic E-state index is 11.9. The molecule has 0 spiro atoms. The van der Waals surface area contributed by atoms with Gasteiger partial charge < -0.3 is 10.1 Å². The standard InChI is InChI=1S/C25H27N7O2/c1-15-7-23(27-9-17(15)8-26)32-28-10-18(30-32)11-31-12-22(29-25(3,4)14-31)19-5-6-20-21(16(19)2)13-34-24(20)33/h5-7,9-10,22,29H,11-14H2,1-4H3. The summed E-state index contributed by atoms with van der Waals surface area (Å²) in [6, 6.07) is 8.00. The van der Waals surface area contributed by atoms with Crippen molar-refractivity contribution in [2.45, 2.75) is 52.4 Å². The third-order valence-corrected chi connectivity index (χ3v) is 6.55. The number of aryl methyl sites for hydroxylation is 1. The first-order valence-corrected chi connectivity index (χ1v) is 11.3. The average molecular weight is 458 g/mol. The van der Waals surface area contributed by atoms with Crippen LogP contribution in [0.15, 0.2) is 30.6 Å². The molecule has 4 heterocycles. The second-order valence-electron chi connectivity index (χ2n) is 9.73. The summed E-state index contributed by atoms with van der Waals surface area (Å²) in [5.41, 5.74) is 6.11. The lowest BCUT2D eigenvalue weighted by molar-refractivity contribution is 0.0535. The van der Waals surface area contributed by atoms with E-state index in [1.165, 1.54) is 10.4 Å². The molecule has 2 aromatic heterocycles. The second-order valence-corrected chi connectivity index (χ2v) is 9.73. The predicted octanol–water partition coefficient (Wildman–Crippen LogP) is 2.75. The largest absolute Gasteiger partial charge is 0.457 e. The van der Waals surface area contributed by atoms with Crippen molar-refractivity contribution in [3.05, 3.63) is 69.7 Å². The number of aromatic nitrogens is 4. The molecule has 0 radical (unpaired) electrons. The van der Waals surface area contributed by atoms with Crippen LogP contribution in [0.3, 0.4) is 0 Å². The average Bonchev–Trinajstić information content (AvgIpc) is 3.40. The van der Waals surface area contributed by atoms with Crippen LogP contribution in [0.2, 0.25) is 0 Å². The lowest BCUT2D eigenvalue weighted by Crippen LogP contribution is -2.58. The Kier molecular flexibility index (Phi) is 5.42. The summed E-state index contributed by atoms with van der Waals surface area (Å²) < 4.78 is 5.24. The number of carbonyl (C=O) groups excluding carboxylic acids is 1. The van der Waals surface area contributed by atoms with Gasteiger partial charge in [0.15, 0.2) is 5.82 Å². The third kappa shape index (κ3) is 4.06. The Bertz CT molecular complexity index is 1320. The van der Waals surface area contributed by atoms with E-state index in [0.717, 1.165) is 35.5 Å². The van der Waals surface area contributed by atoms with E-state index in [1.807, 2.05) is 25.1 Å². The molecule has 0 saturated carbocycles. The van der Waals surface area contributed by atoms with Crippen molar-refractivity contribution in [1.82, 2.24) is 30.2 Å². The van der Waals surface area contributed by atoms with Gasteiger partial charge in [0.1, 0.15) is 12.7 Å². The minimum atomic E-state index is -0.238. The Morgan fingerprint density at radius 3 is 2.88 bits per heavy atom. The first-order valence-electron chi connectivity index (χ1n) is 11.3. The number of rotatable bonds is 4. The minimum absolute atomic E-state index is 0.109. The molecular weight excluding hydrogens is 430 g/mol. The van der Waals surface area contributed by atoms with Gasteiger partial charge in [0, 0.05) is 43.0 Å². The van der Waals surface area contributed by atoms with Crippen LogP contribution in [0.1, 0.15) is 63.8 Å². The van der Waals surface area contributed by atoms with Crippen LogP contribution in [-0.2, 0) is 17.9 Å². The van der Waals surface area contributed by atoms with Crippen molar-refractivity contribution in [2.24, 2.45) is 0 Å². The molecule has 1 unspecified atom stereocenters. The second kappa shape index (κ2) is 8.31. The summed E-state index contributed by atoms with van der Waals surface area (Å²) in [6.07, 6.45) is 3.32. The molecule has 0 aliphatic carbocycles. The van der Waals surface area contributed by atoms with Gasteiger partial charge in [-0.1, -0.05) is 6.07 Å². The summed E-state index contributed by atoms with van der Waals surface area (Å²) in [7, 11) is 0. The summed E-state index contributed by atoms with van der Waals surface area (Å²) in [5, 5.41) is 21.9. The highest BCUT2D eigenvalue weighted by Crippen LogP contribution is 2.32. The number of hydrogen-bond acceptors (Lipinski definition) is 8. The number of nitrogens with zero attached hydrogens (tertiary/aromatic N) is 6. The molecule has 1 aromatic carbocycles. The lowest BCUT2D eigenvalue weighted by atomic mass is 9.89. The van der Waals surface area contributed by atoms with Crippen molar-refractivity contribution in [3.63, 3.8) is 0 Å². The number of ether oxygens (including phenoxy) is 1. The third-order valence-electron chi connectivity index (χ3n) is 6.55. The first kappa shape index (κ1) is 22.2. The van der Waals surface area contributed by atoms with E-state index in [0.29, 0.717) is 30.1 Å². The van der Waals surface area contributed by atoms with Gasteiger partial charge in [0.05, 0.1) is 23.0 Å². The van der Waals surface area contributed by atoms with Crippen molar-refractivity contribution in [3.8, 4) is 11.9 Å². The predicted molar refractivity (Wildman–Crippen MR) is 124 cm³/mol. The number of carbonyl (C=O) groups is 1. The molecule has 2 aliphatic rings. The smallest absolute Gasteiger partial charge is 0.338 e. The van der Waals surface area contributed by atoms with E-state index < -0.39 is 0 Å². The van der Waals surface area contributed by atoms with E-state index in [4.69, 9.17) is 10.00 Å². The number of cyclic esters (lactones) is 1. The van der Waals surface area contributed by atoms with Crippen molar-refractivity contribution in [2.75, 3.05) is 13.1 Å². The van der Waals surface area contributed by atoms with E-state index >= 15 is 0 Å². The number of fused-ring (bicyclic) bond motifs is 1. The number of esters is 1. The summed E-state index contributed by atoms with van der Waals surface area (Å²) >= 11 is 0. The molecule has 1 N–H and O–H groups in total. The maximum absolute atomic E-state index is 11.9. The van der Waals surface area contributed by atoms with Gasteiger partial charge >= 0.3 is 5.97 Å². The Balaban J connectivity index is 1.36. The van der Waals surface area contributed by atoms with E-state index in [1.54, 1.807) is 12.4 Å². The quantitative estimate of drug-likeness (QED) is 0.596.